The standard InChI is InChI=1S/C17H23NO6S/c1-18(15(19)9-17(7-8-17)12-25(2,22)23)10-13-3-5-14(6-4-13)24-11-16(20)21/h3-6H,7-12H2,1-2H3,(H,20,21). The monoisotopic (exact) mass is 369 g/mol. The Morgan fingerprint density at radius 3 is 2.32 bits per heavy atom. The van der Waals surface area contributed by atoms with Gasteiger partial charge in [0.2, 0.25) is 5.91 Å². The number of aliphatic carboxylic acids is 1. The molecule has 0 heterocycles. The molecule has 8 heteroatoms. The molecule has 138 valence electrons. The molecule has 0 radical (unpaired) electrons. The van der Waals surface area contributed by atoms with Crippen molar-refractivity contribution in [3.05, 3.63) is 29.8 Å². The number of carbonyl (C=O) groups is 2. The molecule has 1 aliphatic carbocycles. The first-order valence-corrected chi connectivity index (χ1v) is 10.00. The van der Waals surface area contributed by atoms with Crippen molar-refractivity contribution in [3.8, 4) is 5.75 Å². The van der Waals surface area contributed by atoms with Gasteiger partial charge < -0.3 is 14.7 Å². The van der Waals surface area contributed by atoms with Crippen LogP contribution in [0.25, 0.3) is 0 Å². The second-order valence-electron chi connectivity index (χ2n) is 6.82. The fourth-order valence-electron chi connectivity index (χ4n) is 2.76. The molecule has 25 heavy (non-hydrogen) atoms. The molecule has 7 nitrogen and oxygen atoms in total. The molecule has 0 bridgehead atoms. The number of amides is 1. The van der Waals surface area contributed by atoms with Crippen LogP contribution in [0.15, 0.2) is 24.3 Å². The molecule has 0 spiro atoms. The van der Waals surface area contributed by atoms with Crippen LogP contribution >= 0.6 is 0 Å². The summed E-state index contributed by atoms with van der Waals surface area (Å²) in [4.78, 5) is 24.4. The second-order valence-corrected chi connectivity index (χ2v) is 8.96. The highest BCUT2D eigenvalue weighted by atomic mass is 32.2. The molecule has 0 aliphatic heterocycles. The van der Waals surface area contributed by atoms with E-state index < -0.39 is 22.4 Å². The smallest absolute Gasteiger partial charge is 0.341 e. The lowest BCUT2D eigenvalue weighted by Crippen LogP contribution is -2.30. The highest BCUT2D eigenvalue weighted by molar-refractivity contribution is 7.90. The summed E-state index contributed by atoms with van der Waals surface area (Å²) in [5.74, 6) is -0.607. The van der Waals surface area contributed by atoms with Gasteiger partial charge in [0, 0.05) is 26.3 Å². The lowest BCUT2D eigenvalue weighted by Gasteiger charge is -2.21. The summed E-state index contributed by atoms with van der Waals surface area (Å²) in [6.07, 6.45) is 3.00. The average molecular weight is 369 g/mol. The maximum Gasteiger partial charge on any atom is 0.341 e. The van der Waals surface area contributed by atoms with Gasteiger partial charge in [-0.3, -0.25) is 4.79 Å². The third-order valence-electron chi connectivity index (χ3n) is 4.18. The van der Waals surface area contributed by atoms with E-state index in [1.54, 1.807) is 36.2 Å². The van der Waals surface area contributed by atoms with Crippen molar-refractivity contribution in [2.75, 3.05) is 25.7 Å². The van der Waals surface area contributed by atoms with Crippen molar-refractivity contribution in [3.63, 3.8) is 0 Å². The van der Waals surface area contributed by atoms with Crippen molar-refractivity contribution < 1.29 is 27.9 Å². The molecule has 1 aromatic carbocycles. The van der Waals surface area contributed by atoms with E-state index in [1.807, 2.05) is 0 Å². The molecule has 1 fully saturated rings. The molecule has 1 aliphatic rings. The number of sulfone groups is 1. The maximum absolute atomic E-state index is 12.4. The fourth-order valence-corrected chi connectivity index (χ4v) is 4.26. The molecule has 0 unspecified atom stereocenters. The van der Waals surface area contributed by atoms with E-state index >= 15 is 0 Å². The maximum atomic E-state index is 12.4. The lowest BCUT2D eigenvalue weighted by molar-refractivity contribution is -0.139. The molecule has 0 atom stereocenters. The third-order valence-corrected chi connectivity index (χ3v) is 5.32. The van der Waals surface area contributed by atoms with Gasteiger partial charge in [-0.05, 0) is 36.0 Å². The third kappa shape index (κ3) is 6.38. The first kappa shape index (κ1) is 19.2. The highest BCUT2D eigenvalue weighted by Gasteiger charge is 2.47. The quantitative estimate of drug-likeness (QED) is 0.705. The normalized spacial score (nSPS) is 15.4. The predicted octanol–water partition coefficient (Wildman–Crippen LogP) is 1.32. The van der Waals surface area contributed by atoms with Crippen molar-refractivity contribution in [2.24, 2.45) is 5.41 Å². The minimum absolute atomic E-state index is 0.0647. The summed E-state index contributed by atoms with van der Waals surface area (Å²) >= 11 is 0. The molecule has 2 rings (SSSR count). The molecule has 1 amide bonds. The van der Waals surface area contributed by atoms with Gasteiger partial charge in [0.05, 0.1) is 5.75 Å². The van der Waals surface area contributed by atoms with E-state index in [9.17, 15) is 18.0 Å². The van der Waals surface area contributed by atoms with Crippen LogP contribution in [0.5, 0.6) is 5.75 Å². The van der Waals surface area contributed by atoms with Crippen LogP contribution in [0, 0.1) is 5.41 Å². The molecular weight excluding hydrogens is 346 g/mol. The van der Waals surface area contributed by atoms with E-state index in [-0.39, 0.29) is 23.5 Å². The predicted molar refractivity (Wildman–Crippen MR) is 92.0 cm³/mol. The summed E-state index contributed by atoms with van der Waals surface area (Å²) in [6, 6.07) is 6.85. The van der Waals surface area contributed by atoms with Crippen molar-refractivity contribution >= 4 is 21.7 Å². The Bertz CT molecular complexity index is 737. The number of rotatable bonds is 9. The molecule has 1 saturated carbocycles. The zero-order chi connectivity index (χ0) is 18.7. The first-order chi connectivity index (χ1) is 11.6. The Kier molecular flexibility index (Phi) is 5.72. The van der Waals surface area contributed by atoms with Gasteiger partial charge in [0.25, 0.3) is 0 Å². The minimum Gasteiger partial charge on any atom is -0.482 e. The average Bonchev–Trinajstić information content (AvgIpc) is 3.23. The zero-order valence-corrected chi connectivity index (χ0v) is 15.2. The Labute approximate surface area is 147 Å². The van der Waals surface area contributed by atoms with E-state index in [4.69, 9.17) is 9.84 Å². The van der Waals surface area contributed by atoms with E-state index in [0.717, 1.165) is 18.4 Å². The summed E-state index contributed by atoms with van der Waals surface area (Å²) in [5, 5.41) is 8.57. The topological polar surface area (TPSA) is 101 Å². The first-order valence-electron chi connectivity index (χ1n) is 7.94. The number of carbonyl (C=O) groups excluding carboxylic acids is 1. The number of hydrogen-bond donors (Lipinski definition) is 1. The SMILES string of the molecule is CN(Cc1ccc(OCC(=O)O)cc1)C(=O)CC1(CS(C)(=O)=O)CC1. The summed E-state index contributed by atoms with van der Waals surface area (Å²) in [6.45, 7) is -0.00679. The van der Waals surface area contributed by atoms with E-state index in [2.05, 4.69) is 0 Å². The summed E-state index contributed by atoms with van der Waals surface area (Å²) in [5.41, 5.74) is 0.500. The molecular formula is C17H23NO6S. The Balaban J connectivity index is 1.87. The lowest BCUT2D eigenvalue weighted by atomic mass is 10.0. The van der Waals surface area contributed by atoms with E-state index in [0.29, 0.717) is 12.3 Å². The Morgan fingerprint density at radius 1 is 1.24 bits per heavy atom. The second kappa shape index (κ2) is 7.43. The molecule has 0 saturated heterocycles. The van der Waals surface area contributed by atoms with Crippen LogP contribution in [0.3, 0.4) is 0 Å². The van der Waals surface area contributed by atoms with Gasteiger partial charge >= 0.3 is 5.97 Å². The zero-order valence-electron chi connectivity index (χ0n) is 14.4. The van der Waals surface area contributed by atoms with Crippen LogP contribution in [0.4, 0.5) is 0 Å². The number of ether oxygens (including phenoxy) is 1. The summed E-state index contributed by atoms with van der Waals surface area (Å²) < 4.78 is 28.0. The van der Waals surface area contributed by atoms with Crippen molar-refractivity contribution in [2.45, 2.75) is 25.8 Å². The largest absolute Gasteiger partial charge is 0.482 e. The van der Waals surface area contributed by atoms with Gasteiger partial charge in [-0.1, -0.05) is 12.1 Å². The Hall–Kier alpha value is -2.09. The van der Waals surface area contributed by atoms with Crippen LogP contribution < -0.4 is 4.74 Å². The number of carboxylic acid groups (broad SMARTS) is 1. The van der Waals surface area contributed by atoms with Gasteiger partial charge in [-0.2, -0.15) is 0 Å². The van der Waals surface area contributed by atoms with Crippen LogP contribution in [0.2, 0.25) is 0 Å². The van der Waals surface area contributed by atoms with Gasteiger partial charge in [-0.25, -0.2) is 13.2 Å². The van der Waals surface area contributed by atoms with Gasteiger partial charge in [0.15, 0.2) is 6.61 Å². The molecule has 0 aromatic heterocycles. The van der Waals surface area contributed by atoms with Crippen LogP contribution in [-0.4, -0.2) is 56.0 Å². The molecule has 1 aromatic rings. The highest BCUT2D eigenvalue weighted by Crippen LogP contribution is 2.50. The van der Waals surface area contributed by atoms with Crippen molar-refractivity contribution in [1.29, 1.82) is 0 Å². The molecule has 1 N–H and O–H groups in total. The summed E-state index contributed by atoms with van der Waals surface area (Å²) in [7, 11) is -1.40. The van der Waals surface area contributed by atoms with Crippen LogP contribution in [-0.2, 0) is 26.0 Å². The fraction of sp³-hybridized carbons (Fsp3) is 0.529. The number of benzene rings is 1. The van der Waals surface area contributed by atoms with Crippen molar-refractivity contribution in [1.82, 2.24) is 4.90 Å². The minimum atomic E-state index is -3.09. The van der Waals surface area contributed by atoms with Crippen LogP contribution in [0.1, 0.15) is 24.8 Å². The van der Waals surface area contributed by atoms with E-state index in [1.165, 1.54) is 6.26 Å². The van der Waals surface area contributed by atoms with Gasteiger partial charge in [-0.15, -0.1) is 0 Å². The van der Waals surface area contributed by atoms with Gasteiger partial charge in [0.1, 0.15) is 15.6 Å². The Morgan fingerprint density at radius 2 is 1.84 bits per heavy atom. The number of carboxylic acids is 1. The number of hydrogen-bond acceptors (Lipinski definition) is 5. The number of nitrogens with zero attached hydrogens (tertiary/aromatic N) is 1.